The number of rotatable bonds is 5. The number of hydrogen-bond donors (Lipinski definition) is 4. The zero-order chi connectivity index (χ0) is 12.1. The van der Waals surface area contributed by atoms with E-state index in [1.807, 2.05) is 19.1 Å². The van der Waals surface area contributed by atoms with Crippen LogP contribution in [0.25, 0.3) is 0 Å². The Labute approximate surface area is 102 Å². The van der Waals surface area contributed by atoms with E-state index in [1.165, 1.54) is 0 Å². The smallest absolute Gasteiger partial charge is 0.107 e. The van der Waals surface area contributed by atoms with Crippen molar-refractivity contribution in [1.29, 1.82) is 0 Å². The predicted molar refractivity (Wildman–Crippen MR) is 69.7 cm³/mol. The normalized spacial score (nSPS) is 14.8. The van der Waals surface area contributed by atoms with Crippen molar-refractivity contribution < 1.29 is 10.2 Å². The molecule has 0 aliphatic heterocycles. The van der Waals surface area contributed by atoms with E-state index >= 15 is 0 Å². The molecule has 3 nitrogen and oxygen atoms in total. The number of aliphatic hydroxyl groups is 2. The van der Waals surface area contributed by atoms with Crippen molar-refractivity contribution in [3.05, 3.63) is 29.3 Å². The summed E-state index contributed by atoms with van der Waals surface area (Å²) in [5.74, 6) is 0.533. The van der Waals surface area contributed by atoms with Crippen LogP contribution < -0.4 is 5.73 Å². The Morgan fingerprint density at radius 1 is 1.38 bits per heavy atom. The Morgan fingerprint density at radius 3 is 2.62 bits per heavy atom. The Hall–Kier alpha value is -0.710. The van der Waals surface area contributed by atoms with Gasteiger partial charge < -0.3 is 15.9 Å². The Morgan fingerprint density at radius 2 is 2.06 bits per heavy atom. The van der Waals surface area contributed by atoms with Gasteiger partial charge in [-0.25, -0.2) is 0 Å². The molecule has 2 unspecified atom stereocenters. The third-order valence-corrected chi connectivity index (χ3v) is 2.93. The van der Waals surface area contributed by atoms with Crippen LogP contribution in [0.3, 0.4) is 0 Å². The van der Waals surface area contributed by atoms with E-state index in [0.717, 1.165) is 12.0 Å². The summed E-state index contributed by atoms with van der Waals surface area (Å²) >= 11 is 4.03. The second-order valence-corrected chi connectivity index (χ2v) is 4.29. The minimum Gasteiger partial charge on any atom is -0.398 e. The summed E-state index contributed by atoms with van der Waals surface area (Å²) in [5.41, 5.74) is 8.01. The van der Waals surface area contributed by atoms with E-state index in [-0.39, 0.29) is 0 Å². The van der Waals surface area contributed by atoms with Gasteiger partial charge in [0.1, 0.15) is 6.10 Å². The number of aliphatic hydroxyl groups excluding tert-OH is 2. The number of hydrogen-bond acceptors (Lipinski definition) is 4. The Bertz CT molecular complexity index is 344. The van der Waals surface area contributed by atoms with Gasteiger partial charge in [-0.3, -0.25) is 0 Å². The summed E-state index contributed by atoms with van der Waals surface area (Å²) in [5, 5.41) is 19.7. The fourth-order valence-electron chi connectivity index (χ4n) is 1.60. The van der Waals surface area contributed by atoms with Crippen molar-refractivity contribution in [1.82, 2.24) is 0 Å². The maximum Gasteiger partial charge on any atom is 0.107 e. The summed E-state index contributed by atoms with van der Waals surface area (Å²) in [6, 6.07) is 5.54. The molecule has 4 N–H and O–H groups in total. The standard InChI is InChI=1S/C12H19NO2S/c1-2-8-3-4-10(13)9(7-8)12(15)11(14)5-6-16/h3-4,7,11-12,14-16H,2,5-6,13H2,1H3. The molecular weight excluding hydrogens is 222 g/mol. The molecule has 0 fully saturated rings. The number of anilines is 1. The fraction of sp³-hybridized carbons (Fsp3) is 0.500. The first-order valence-electron chi connectivity index (χ1n) is 5.45. The predicted octanol–water partition coefficient (Wildman–Crippen LogP) is 1.55. The summed E-state index contributed by atoms with van der Waals surface area (Å²) in [6.45, 7) is 2.03. The van der Waals surface area contributed by atoms with Crippen LogP contribution >= 0.6 is 12.6 Å². The van der Waals surface area contributed by atoms with Gasteiger partial charge in [0.25, 0.3) is 0 Å². The maximum absolute atomic E-state index is 9.96. The molecule has 0 amide bonds. The molecule has 2 atom stereocenters. The molecule has 0 bridgehead atoms. The maximum atomic E-state index is 9.96. The molecule has 0 aromatic heterocycles. The lowest BCUT2D eigenvalue weighted by molar-refractivity contribution is 0.0176. The van der Waals surface area contributed by atoms with E-state index in [1.54, 1.807) is 6.07 Å². The second-order valence-electron chi connectivity index (χ2n) is 3.84. The zero-order valence-electron chi connectivity index (χ0n) is 9.43. The van der Waals surface area contributed by atoms with E-state index in [9.17, 15) is 10.2 Å². The van der Waals surface area contributed by atoms with Crippen LogP contribution in [-0.4, -0.2) is 22.1 Å². The highest BCUT2D eigenvalue weighted by atomic mass is 32.1. The van der Waals surface area contributed by atoms with Crippen LogP contribution in [0.4, 0.5) is 5.69 Å². The molecule has 0 saturated heterocycles. The lowest BCUT2D eigenvalue weighted by Crippen LogP contribution is -2.20. The highest BCUT2D eigenvalue weighted by Crippen LogP contribution is 2.26. The number of benzene rings is 1. The molecule has 0 aliphatic carbocycles. The number of nitrogen functional groups attached to an aromatic ring is 1. The van der Waals surface area contributed by atoms with Gasteiger partial charge in [-0.15, -0.1) is 0 Å². The molecule has 0 saturated carbocycles. The van der Waals surface area contributed by atoms with Crippen molar-refractivity contribution in [3.8, 4) is 0 Å². The van der Waals surface area contributed by atoms with Crippen molar-refractivity contribution >= 4 is 18.3 Å². The molecule has 1 aromatic rings. The third kappa shape index (κ3) is 3.14. The SMILES string of the molecule is CCc1ccc(N)c(C(O)C(O)CCS)c1. The average Bonchev–Trinajstić information content (AvgIpc) is 2.29. The van der Waals surface area contributed by atoms with Gasteiger partial charge in [-0.2, -0.15) is 12.6 Å². The van der Waals surface area contributed by atoms with Gasteiger partial charge >= 0.3 is 0 Å². The molecule has 0 radical (unpaired) electrons. The van der Waals surface area contributed by atoms with E-state index < -0.39 is 12.2 Å². The number of nitrogens with two attached hydrogens (primary N) is 1. The lowest BCUT2D eigenvalue weighted by Gasteiger charge is -2.19. The van der Waals surface area contributed by atoms with Crippen LogP contribution in [0, 0.1) is 0 Å². The van der Waals surface area contributed by atoms with Crippen molar-refractivity contribution in [2.75, 3.05) is 11.5 Å². The van der Waals surface area contributed by atoms with E-state index in [4.69, 9.17) is 5.73 Å². The van der Waals surface area contributed by atoms with Gasteiger partial charge in [0, 0.05) is 11.3 Å². The average molecular weight is 241 g/mol. The third-order valence-electron chi connectivity index (χ3n) is 2.67. The highest BCUT2D eigenvalue weighted by molar-refractivity contribution is 7.80. The summed E-state index contributed by atoms with van der Waals surface area (Å²) < 4.78 is 0. The largest absolute Gasteiger partial charge is 0.398 e. The first-order valence-corrected chi connectivity index (χ1v) is 6.08. The Kier molecular flexibility index (Phi) is 5.12. The molecule has 0 heterocycles. The van der Waals surface area contributed by atoms with Crippen molar-refractivity contribution in [3.63, 3.8) is 0 Å². The first kappa shape index (κ1) is 13.4. The Balaban J connectivity index is 2.92. The molecule has 90 valence electrons. The van der Waals surface area contributed by atoms with Crippen molar-refractivity contribution in [2.24, 2.45) is 0 Å². The minimum atomic E-state index is -0.932. The molecular formula is C12H19NO2S. The minimum absolute atomic E-state index is 0.445. The molecule has 4 heteroatoms. The summed E-state index contributed by atoms with van der Waals surface area (Å²) in [6.07, 6.45) is -0.423. The quantitative estimate of drug-likeness (QED) is 0.467. The van der Waals surface area contributed by atoms with E-state index in [0.29, 0.717) is 23.4 Å². The van der Waals surface area contributed by atoms with Crippen LogP contribution in [0.1, 0.15) is 30.6 Å². The van der Waals surface area contributed by atoms with Gasteiger partial charge in [0.2, 0.25) is 0 Å². The molecule has 0 aliphatic rings. The van der Waals surface area contributed by atoms with Crippen LogP contribution in [0.15, 0.2) is 18.2 Å². The van der Waals surface area contributed by atoms with Gasteiger partial charge in [0.05, 0.1) is 6.10 Å². The summed E-state index contributed by atoms with van der Waals surface area (Å²) in [4.78, 5) is 0. The second kappa shape index (κ2) is 6.13. The van der Waals surface area contributed by atoms with E-state index in [2.05, 4.69) is 12.6 Å². The van der Waals surface area contributed by atoms with Crippen molar-refractivity contribution in [2.45, 2.75) is 32.0 Å². The van der Waals surface area contributed by atoms with Gasteiger partial charge in [-0.05, 0) is 30.2 Å². The first-order chi connectivity index (χ1) is 7.60. The molecule has 16 heavy (non-hydrogen) atoms. The van der Waals surface area contributed by atoms with Gasteiger partial charge in [0.15, 0.2) is 0 Å². The lowest BCUT2D eigenvalue weighted by atomic mass is 9.98. The van der Waals surface area contributed by atoms with Crippen LogP contribution in [0.2, 0.25) is 0 Å². The molecule has 0 spiro atoms. The molecule has 1 aromatic carbocycles. The summed E-state index contributed by atoms with van der Waals surface area (Å²) in [7, 11) is 0. The van der Waals surface area contributed by atoms with Crippen LogP contribution in [-0.2, 0) is 6.42 Å². The highest BCUT2D eigenvalue weighted by Gasteiger charge is 2.19. The monoisotopic (exact) mass is 241 g/mol. The number of aryl methyl sites for hydroxylation is 1. The van der Waals surface area contributed by atoms with Gasteiger partial charge in [-0.1, -0.05) is 19.1 Å². The topological polar surface area (TPSA) is 66.5 Å². The fourth-order valence-corrected chi connectivity index (χ4v) is 1.86. The zero-order valence-corrected chi connectivity index (χ0v) is 10.3. The van der Waals surface area contributed by atoms with Crippen LogP contribution in [0.5, 0.6) is 0 Å². The number of thiol groups is 1. The molecule has 1 rings (SSSR count).